The molecule has 1 rings (SSSR count). The topological polar surface area (TPSA) is 107 Å². The van der Waals surface area contributed by atoms with E-state index in [2.05, 4.69) is 0 Å². The van der Waals surface area contributed by atoms with E-state index < -0.39 is 54.2 Å². The quantitative estimate of drug-likeness (QED) is 0.706. The molecule has 0 radical (unpaired) electrons. The second kappa shape index (κ2) is 6.59. The molecule has 0 fully saturated rings. The van der Waals surface area contributed by atoms with Crippen LogP contribution < -0.4 is 5.32 Å². The molecule has 7 nitrogen and oxygen atoms in total. The van der Waals surface area contributed by atoms with Crippen molar-refractivity contribution in [3.63, 3.8) is 0 Å². The Morgan fingerprint density at radius 3 is 1.81 bits per heavy atom. The Bertz CT molecular complexity index is 554. The second-order valence-electron chi connectivity index (χ2n) is 3.83. The van der Waals surface area contributed by atoms with Crippen LogP contribution in [0.1, 0.15) is 0 Å². The smallest absolute Gasteiger partial charge is 0.323 e. The van der Waals surface area contributed by atoms with E-state index in [1.165, 1.54) is 0 Å². The predicted molar refractivity (Wildman–Crippen MR) is 62.2 cm³/mol. The summed E-state index contributed by atoms with van der Waals surface area (Å²) in [7, 11) is 0. The van der Waals surface area contributed by atoms with E-state index in [4.69, 9.17) is 10.2 Å². The molecule has 3 N–H and O–H groups in total. The van der Waals surface area contributed by atoms with Gasteiger partial charge in [-0.05, 0) is 0 Å². The number of carbonyl (C=O) groups excluding carboxylic acids is 1. The third-order valence-electron chi connectivity index (χ3n) is 2.17. The number of carbonyl (C=O) groups is 3. The molecule has 10 heteroatoms. The number of nitrogens with zero attached hydrogens (tertiary/aromatic N) is 1. The highest BCUT2D eigenvalue weighted by atomic mass is 19.2. The first-order chi connectivity index (χ1) is 9.70. The summed E-state index contributed by atoms with van der Waals surface area (Å²) >= 11 is 0. The largest absolute Gasteiger partial charge is 0.480 e. The van der Waals surface area contributed by atoms with Gasteiger partial charge in [-0.1, -0.05) is 0 Å². The van der Waals surface area contributed by atoms with Crippen molar-refractivity contribution in [1.29, 1.82) is 0 Å². The fourth-order valence-corrected chi connectivity index (χ4v) is 1.36. The number of carboxylic acids is 2. The number of anilines is 1. The molecule has 0 aliphatic heterocycles. The van der Waals surface area contributed by atoms with Gasteiger partial charge in [0.15, 0.2) is 17.5 Å². The van der Waals surface area contributed by atoms with Crippen LogP contribution in [-0.4, -0.2) is 46.2 Å². The average molecular weight is 306 g/mol. The number of carboxylic acid groups (broad SMARTS) is 2. The Labute approximate surface area is 115 Å². The van der Waals surface area contributed by atoms with E-state index in [9.17, 15) is 27.6 Å². The van der Waals surface area contributed by atoms with Crippen LogP contribution in [0.5, 0.6) is 0 Å². The number of hydrogen-bond donors (Lipinski definition) is 3. The van der Waals surface area contributed by atoms with E-state index >= 15 is 0 Å². The Morgan fingerprint density at radius 1 is 1.00 bits per heavy atom. The van der Waals surface area contributed by atoms with Crippen LogP contribution in [0.3, 0.4) is 0 Å². The molecule has 0 aliphatic rings. The molecule has 2 amide bonds. The zero-order valence-corrected chi connectivity index (χ0v) is 10.3. The molecule has 0 aliphatic carbocycles. The van der Waals surface area contributed by atoms with Gasteiger partial charge in [-0.3, -0.25) is 9.59 Å². The summed E-state index contributed by atoms with van der Waals surface area (Å²) in [6.07, 6.45) is 0. The van der Waals surface area contributed by atoms with Crippen molar-refractivity contribution in [3.8, 4) is 0 Å². The maximum atomic E-state index is 12.9. The SMILES string of the molecule is O=C(O)CN(CC(=O)O)C(=O)Nc1cc(F)c(F)c(F)c1. The van der Waals surface area contributed by atoms with Gasteiger partial charge in [-0.15, -0.1) is 0 Å². The molecule has 1 aromatic carbocycles. The van der Waals surface area contributed by atoms with Gasteiger partial charge in [0, 0.05) is 17.8 Å². The minimum atomic E-state index is -1.74. The van der Waals surface area contributed by atoms with Crippen LogP contribution in [0, 0.1) is 17.5 Å². The van der Waals surface area contributed by atoms with Gasteiger partial charge in [0.25, 0.3) is 0 Å². The molecular weight excluding hydrogens is 297 g/mol. The van der Waals surface area contributed by atoms with E-state index in [-0.39, 0.29) is 0 Å². The molecular formula is C11H9F3N2O5. The number of halogens is 3. The highest BCUT2D eigenvalue weighted by Crippen LogP contribution is 2.17. The van der Waals surface area contributed by atoms with Crippen molar-refractivity contribution < 1.29 is 37.8 Å². The lowest BCUT2D eigenvalue weighted by Gasteiger charge is -2.19. The molecule has 0 atom stereocenters. The fourth-order valence-electron chi connectivity index (χ4n) is 1.36. The number of nitrogens with one attached hydrogen (secondary N) is 1. The third-order valence-corrected chi connectivity index (χ3v) is 2.17. The van der Waals surface area contributed by atoms with Crippen LogP contribution in [0.25, 0.3) is 0 Å². The second-order valence-corrected chi connectivity index (χ2v) is 3.83. The van der Waals surface area contributed by atoms with Gasteiger partial charge in [-0.2, -0.15) is 0 Å². The predicted octanol–water partition coefficient (Wildman–Crippen LogP) is 1.11. The molecule has 0 saturated heterocycles. The molecule has 0 bridgehead atoms. The van der Waals surface area contributed by atoms with Crippen LogP contribution >= 0.6 is 0 Å². The summed E-state index contributed by atoms with van der Waals surface area (Å²) in [6, 6.07) is -0.281. The zero-order chi connectivity index (χ0) is 16.2. The van der Waals surface area contributed by atoms with E-state index in [1.54, 1.807) is 0 Å². The Kier molecular flexibility index (Phi) is 5.11. The van der Waals surface area contributed by atoms with Crippen LogP contribution in [0.4, 0.5) is 23.7 Å². The normalized spacial score (nSPS) is 10.0. The molecule has 21 heavy (non-hydrogen) atoms. The van der Waals surface area contributed by atoms with Crippen molar-refractivity contribution >= 4 is 23.7 Å². The zero-order valence-electron chi connectivity index (χ0n) is 10.3. The Hall–Kier alpha value is -2.78. The van der Waals surface area contributed by atoms with E-state index in [0.29, 0.717) is 17.0 Å². The maximum absolute atomic E-state index is 12.9. The van der Waals surface area contributed by atoms with Crippen molar-refractivity contribution in [2.75, 3.05) is 18.4 Å². The van der Waals surface area contributed by atoms with Gasteiger partial charge < -0.3 is 20.4 Å². The monoisotopic (exact) mass is 306 g/mol. The van der Waals surface area contributed by atoms with Crippen molar-refractivity contribution in [1.82, 2.24) is 4.90 Å². The van der Waals surface area contributed by atoms with Crippen molar-refractivity contribution in [2.24, 2.45) is 0 Å². The lowest BCUT2D eigenvalue weighted by molar-refractivity contribution is -0.140. The lowest BCUT2D eigenvalue weighted by Crippen LogP contribution is -2.42. The van der Waals surface area contributed by atoms with Gasteiger partial charge in [0.2, 0.25) is 0 Å². The third kappa shape index (κ3) is 4.67. The van der Waals surface area contributed by atoms with Crippen LogP contribution in [0.2, 0.25) is 0 Å². The first kappa shape index (κ1) is 16.3. The van der Waals surface area contributed by atoms with Gasteiger partial charge in [0.05, 0.1) is 0 Å². The molecule has 0 aromatic heterocycles. The summed E-state index contributed by atoms with van der Waals surface area (Å²) in [5.41, 5.74) is -0.489. The van der Waals surface area contributed by atoms with Crippen LogP contribution in [-0.2, 0) is 9.59 Å². The minimum absolute atomic E-state index is 0.379. The first-order valence-corrected chi connectivity index (χ1v) is 5.34. The van der Waals surface area contributed by atoms with Crippen LogP contribution in [0.15, 0.2) is 12.1 Å². The van der Waals surface area contributed by atoms with Gasteiger partial charge in [0.1, 0.15) is 13.1 Å². The number of hydrogen-bond acceptors (Lipinski definition) is 3. The highest BCUT2D eigenvalue weighted by molar-refractivity contribution is 5.93. The molecule has 0 heterocycles. The molecule has 0 spiro atoms. The summed E-state index contributed by atoms with van der Waals surface area (Å²) in [5, 5.41) is 19.0. The van der Waals surface area contributed by atoms with Crippen molar-refractivity contribution in [3.05, 3.63) is 29.6 Å². The number of rotatable bonds is 5. The first-order valence-electron chi connectivity index (χ1n) is 5.34. The number of amides is 2. The average Bonchev–Trinajstić information content (AvgIpc) is 2.33. The standard InChI is InChI=1S/C11H9F3N2O5/c12-6-1-5(2-7(13)10(6)14)15-11(21)16(3-8(17)18)4-9(19)20/h1-2H,3-4H2,(H,15,21)(H,17,18)(H,19,20). The van der Waals surface area contributed by atoms with Gasteiger partial charge in [-0.25, -0.2) is 18.0 Å². The Morgan fingerprint density at radius 2 is 1.43 bits per heavy atom. The summed E-state index contributed by atoms with van der Waals surface area (Å²) < 4.78 is 38.6. The fraction of sp³-hybridized carbons (Fsp3) is 0.182. The number of aliphatic carboxylic acids is 2. The minimum Gasteiger partial charge on any atom is -0.480 e. The number of benzene rings is 1. The molecule has 1 aromatic rings. The maximum Gasteiger partial charge on any atom is 0.323 e. The summed E-state index contributed by atoms with van der Waals surface area (Å²) in [5.74, 6) is -7.83. The molecule has 114 valence electrons. The highest BCUT2D eigenvalue weighted by Gasteiger charge is 2.20. The van der Waals surface area contributed by atoms with E-state index in [1.807, 2.05) is 5.32 Å². The molecule has 0 saturated carbocycles. The number of urea groups is 1. The molecule has 0 unspecified atom stereocenters. The Balaban J connectivity index is 2.90. The van der Waals surface area contributed by atoms with Crippen molar-refractivity contribution in [2.45, 2.75) is 0 Å². The van der Waals surface area contributed by atoms with Gasteiger partial charge >= 0.3 is 18.0 Å². The lowest BCUT2D eigenvalue weighted by atomic mass is 10.3. The summed E-state index contributed by atoms with van der Waals surface area (Å²) in [4.78, 5) is 33.1. The van der Waals surface area contributed by atoms with E-state index in [0.717, 1.165) is 0 Å². The summed E-state index contributed by atoms with van der Waals surface area (Å²) in [6.45, 7) is -1.88.